The molecule has 0 atom stereocenters. The number of aromatic hydroxyl groups is 1. The van der Waals surface area contributed by atoms with Gasteiger partial charge in [-0.15, -0.1) is 0 Å². The van der Waals surface area contributed by atoms with E-state index < -0.39 is 0 Å². The Labute approximate surface area is 225 Å². The molecule has 0 amide bonds. The highest BCUT2D eigenvalue weighted by Crippen LogP contribution is 2.35. The molecule has 1 N–H and O–H groups in total. The molecule has 0 saturated carbocycles. The lowest BCUT2D eigenvalue weighted by molar-refractivity contribution is -0.143. The zero-order valence-corrected chi connectivity index (χ0v) is 23.2. The van der Waals surface area contributed by atoms with Crippen molar-refractivity contribution in [1.82, 2.24) is 0 Å². The summed E-state index contributed by atoms with van der Waals surface area (Å²) < 4.78 is 22.9. The summed E-state index contributed by atoms with van der Waals surface area (Å²) in [7, 11) is 0. The largest absolute Gasteiger partial charge is 0.507 e. The van der Waals surface area contributed by atoms with Gasteiger partial charge in [-0.05, 0) is 64.3 Å². The Kier molecular flexibility index (Phi) is 12.6. The van der Waals surface area contributed by atoms with E-state index in [1.54, 1.807) is 31.2 Å². The quantitative estimate of drug-likeness (QED) is 0.154. The van der Waals surface area contributed by atoms with E-state index in [4.69, 9.17) is 18.9 Å². The molecule has 0 spiro atoms. The van der Waals surface area contributed by atoms with E-state index >= 15 is 0 Å². The molecule has 0 radical (unpaired) electrons. The maximum atomic E-state index is 12.3. The van der Waals surface area contributed by atoms with Gasteiger partial charge in [-0.1, -0.05) is 26.7 Å². The fourth-order valence-corrected chi connectivity index (χ4v) is 4.13. The number of rotatable bonds is 17. The second kappa shape index (κ2) is 15.6. The number of phenolic OH excluding ortho intramolecular Hbond substituents is 1. The number of esters is 1. The summed E-state index contributed by atoms with van der Waals surface area (Å²) >= 11 is 0. The van der Waals surface area contributed by atoms with Crippen LogP contribution < -0.4 is 14.2 Å². The Bertz CT molecular complexity index is 1110. The Balaban J connectivity index is 2.14. The molecule has 0 aliphatic heterocycles. The average molecular weight is 529 g/mol. The first-order chi connectivity index (χ1) is 18.2. The summed E-state index contributed by atoms with van der Waals surface area (Å²) in [6, 6.07) is 6.73. The maximum Gasteiger partial charge on any atom is 0.305 e. The minimum atomic E-state index is -0.278. The first-order valence-corrected chi connectivity index (χ1v) is 13.3. The second-order valence-corrected chi connectivity index (χ2v) is 8.92. The van der Waals surface area contributed by atoms with Crippen LogP contribution in [0.25, 0.3) is 0 Å². The molecule has 2 rings (SSSR count). The van der Waals surface area contributed by atoms with E-state index in [1.165, 1.54) is 13.8 Å². The minimum Gasteiger partial charge on any atom is -0.507 e. The Hall–Kier alpha value is -3.55. The number of ketones is 2. The van der Waals surface area contributed by atoms with Gasteiger partial charge in [-0.2, -0.15) is 0 Å². The van der Waals surface area contributed by atoms with Crippen LogP contribution in [0.5, 0.6) is 23.0 Å². The molecule has 2 aromatic carbocycles. The topological polar surface area (TPSA) is 108 Å². The molecule has 0 fully saturated rings. The molecule has 0 bridgehead atoms. The number of Topliss-reactive ketones (excluding diaryl/α,β-unsaturated/α-hetero) is 2. The van der Waals surface area contributed by atoms with Crippen molar-refractivity contribution in [2.45, 2.75) is 73.1 Å². The van der Waals surface area contributed by atoms with Gasteiger partial charge < -0.3 is 24.1 Å². The van der Waals surface area contributed by atoms with Crippen LogP contribution in [0, 0.1) is 0 Å². The molecular formula is C30H40O8. The Morgan fingerprint density at radius 1 is 0.737 bits per heavy atom. The fourth-order valence-electron chi connectivity index (χ4n) is 4.13. The summed E-state index contributed by atoms with van der Waals surface area (Å²) in [5, 5.41) is 10.5. The van der Waals surface area contributed by atoms with Crippen molar-refractivity contribution in [3.8, 4) is 23.0 Å². The number of hydrogen-bond donors (Lipinski definition) is 1. The Morgan fingerprint density at radius 2 is 1.29 bits per heavy atom. The average Bonchev–Trinajstić information content (AvgIpc) is 2.87. The third-order valence-electron chi connectivity index (χ3n) is 5.89. The van der Waals surface area contributed by atoms with Gasteiger partial charge in [0.05, 0.1) is 24.3 Å². The van der Waals surface area contributed by atoms with E-state index in [0.29, 0.717) is 54.2 Å². The second-order valence-electron chi connectivity index (χ2n) is 8.92. The van der Waals surface area contributed by atoms with Crippen LogP contribution in [-0.2, 0) is 22.4 Å². The third kappa shape index (κ3) is 8.50. The van der Waals surface area contributed by atoms with E-state index in [1.807, 2.05) is 13.8 Å². The molecule has 0 unspecified atom stereocenters. The first-order valence-electron chi connectivity index (χ1n) is 13.3. The molecule has 0 aliphatic rings. The molecule has 2 aromatic rings. The van der Waals surface area contributed by atoms with Gasteiger partial charge in [0.1, 0.15) is 36.2 Å². The zero-order valence-electron chi connectivity index (χ0n) is 23.2. The molecule has 8 nitrogen and oxygen atoms in total. The lowest BCUT2D eigenvalue weighted by atomic mass is 10.0. The Morgan fingerprint density at radius 3 is 1.84 bits per heavy atom. The van der Waals surface area contributed by atoms with Gasteiger partial charge in [0.2, 0.25) is 0 Å². The predicted octanol–water partition coefficient (Wildman–Crippen LogP) is 5.88. The number of carbonyl (C=O) groups is 3. The highest BCUT2D eigenvalue weighted by molar-refractivity contribution is 5.98. The van der Waals surface area contributed by atoms with Gasteiger partial charge >= 0.3 is 5.97 Å². The molecule has 0 aromatic heterocycles. The minimum absolute atomic E-state index is 0.0347. The van der Waals surface area contributed by atoms with E-state index in [0.717, 1.165) is 18.4 Å². The van der Waals surface area contributed by atoms with Gasteiger partial charge in [0.15, 0.2) is 11.6 Å². The summed E-state index contributed by atoms with van der Waals surface area (Å²) in [4.78, 5) is 35.7. The predicted molar refractivity (Wildman–Crippen MR) is 145 cm³/mol. The number of benzene rings is 2. The van der Waals surface area contributed by atoms with Crippen LogP contribution in [0.3, 0.4) is 0 Å². The molecule has 0 heterocycles. The summed E-state index contributed by atoms with van der Waals surface area (Å²) in [5.74, 6) is 0.971. The van der Waals surface area contributed by atoms with E-state index in [9.17, 15) is 19.5 Å². The number of phenols is 1. The van der Waals surface area contributed by atoms with E-state index in [2.05, 4.69) is 0 Å². The number of ether oxygens (including phenoxy) is 4. The SMILES string of the molecule is CCCc1c(OCCOc2ccc(C(C)=O)c(OCCCC(=O)OCC)c2CCC)ccc(C(C)=O)c1O. The van der Waals surface area contributed by atoms with Crippen molar-refractivity contribution in [3.05, 3.63) is 46.5 Å². The van der Waals surface area contributed by atoms with Crippen LogP contribution >= 0.6 is 0 Å². The van der Waals surface area contributed by atoms with Crippen LogP contribution in [0.15, 0.2) is 24.3 Å². The van der Waals surface area contributed by atoms with Gasteiger partial charge in [-0.25, -0.2) is 0 Å². The molecular weight excluding hydrogens is 488 g/mol. The van der Waals surface area contributed by atoms with Gasteiger partial charge in [0, 0.05) is 17.5 Å². The van der Waals surface area contributed by atoms with Crippen LogP contribution in [0.1, 0.15) is 92.1 Å². The normalized spacial score (nSPS) is 10.7. The summed E-state index contributed by atoms with van der Waals surface area (Å²) in [6.45, 7) is 9.73. The first kappa shape index (κ1) is 30.7. The van der Waals surface area contributed by atoms with Crippen molar-refractivity contribution in [2.24, 2.45) is 0 Å². The zero-order chi connectivity index (χ0) is 28.1. The lowest BCUT2D eigenvalue weighted by Crippen LogP contribution is -2.13. The standard InChI is InChI=1S/C30H40O8/c1-6-10-24-26(15-13-22(20(4)31)29(24)34)36-18-19-37-27-16-14-23(21(5)32)30(25(27)11-7-2)38-17-9-12-28(33)35-8-3/h13-16,34H,6-12,17-19H2,1-5H3. The highest BCUT2D eigenvalue weighted by Gasteiger charge is 2.19. The lowest BCUT2D eigenvalue weighted by Gasteiger charge is -2.19. The van der Waals surface area contributed by atoms with Crippen molar-refractivity contribution in [1.29, 1.82) is 0 Å². The van der Waals surface area contributed by atoms with Gasteiger partial charge in [0.25, 0.3) is 0 Å². The molecule has 0 saturated heterocycles. The molecule has 0 aliphatic carbocycles. The smallest absolute Gasteiger partial charge is 0.305 e. The third-order valence-corrected chi connectivity index (χ3v) is 5.89. The summed E-state index contributed by atoms with van der Waals surface area (Å²) in [6.07, 6.45) is 3.53. The van der Waals surface area contributed by atoms with Crippen molar-refractivity contribution in [2.75, 3.05) is 26.4 Å². The van der Waals surface area contributed by atoms with Crippen molar-refractivity contribution < 1.29 is 38.4 Å². The monoisotopic (exact) mass is 528 g/mol. The van der Waals surface area contributed by atoms with Crippen molar-refractivity contribution >= 4 is 17.5 Å². The highest BCUT2D eigenvalue weighted by atomic mass is 16.5. The van der Waals surface area contributed by atoms with E-state index in [-0.39, 0.29) is 55.1 Å². The number of hydrogen-bond acceptors (Lipinski definition) is 8. The maximum absolute atomic E-state index is 12.3. The number of carbonyl (C=O) groups excluding carboxylic acids is 3. The fraction of sp³-hybridized carbons (Fsp3) is 0.500. The summed E-state index contributed by atoms with van der Waals surface area (Å²) in [5.41, 5.74) is 2.16. The molecule has 38 heavy (non-hydrogen) atoms. The van der Waals surface area contributed by atoms with Crippen molar-refractivity contribution in [3.63, 3.8) is 0 Å². The molecule has 8 heteroatoms. The van der Waals surface area contributed by atoms with Crippen LogP contribution in [0.2, 0.25) is 0 Å². The van der Waals surface area contributed by atoms with Crippen LogP contribution in [-0.4, -0.2) is 49.1 Å². The van der Waals surface area contributed by atoms with Gasteiger partial charge in [-0.3, -0.25) is 14.4 Å². The molecule has 208 valence electrons. The van der Waals surface area contributed by atoms with Crippen LogP contribution in [0.4, 0.5) is 0 Å².